The van der Waals surface area contributed by atoms with Gasteiger partial charge >= 0.3 is 12.0 Å². The van der Waals surface area contributed by atoms with E-state index in [0.717, 1.165) is 38.8 Å². The van der Waals surface area contributed by atoms with Gasteiger partial charge < -0.3 is 20.1 Å². The fourth-order valence-corrected chi connectivity index (χ4v) is 2.28. The highest BCUT2D eigenvalue weighted by atomic mass is 16.5. The molecule has 0 bridgehead atoms. The van der Waals surface area contributed by atoms with Crippen molar-refractivity contribution < 1.29 is 19.4 Å². The van der Waals surface area contributed by atoms with Crippen LogP contribution in [0.3, 0.4) is 0 Å². The van der Waals surface area contributed by atoms with Crippen molar-refractivity contribution in [1.82, 2.24) is 10.2 Å². The molecule has 2 amide bonds. The zero-order valence-corrected chi connectivity index (χ0v) is 11.6. The predicted octanol–water partition coefficient (Wildman–Crippen LogP) is 1.31. The summed E-state index contributed by atoms with van der Waals surface area (Å²) >= 11 is 0. The molecule has 1 aliphatic heterocycles. The molecule has 0 aromatic rings. The van der Waals surface area contributed by atoms with Gasteiger partial charge in [-0.25, -0.2) is 4.79 Å². The lowest BCUT2D eigenvalue weighted by atomic mass is 9.92. The Hall–Kier alpha value is -1.30. The van der Waals surface area contributed by atoms with Crippen molar-refractivity contribution in [3.05, 3.63) is 0 Å². The summed E-state index contributed by atoms with van der Waals surface area (Å²) in [6.45, 7) is 2.73. The summed E-state index contributed by atoms with van der Waals surface area (Å²) in [5, 5.41) is 11.5. The molecule has 1 heterocycles. The molecule has 0 atom stereocenters. The highest BCUT2D eigenvalue weighted by Crippen LogP contribution is 2.21. The number of hydrogen-bond donors (Lipinski definition) is 2. The maximum absolute atomic E-state index is 11.8. The van der Waals surface area contributed by atoms with Gasteiger partial charge in [-0.1, -0.05) is 0 Å². The number of urea groups is 1. The van der Waals surface area contributed by atoms with Crippen LogP contribution in [0, 0.1) is 5.92 Å². The van der Waals surface area contributed by atoms with Gasteiger partial charge in [0.25, 0.3) is 0 Å². The van der Waals surface area contributed by atoms with E-state index in [-0.39, 0.29) is 12.5 Å². The van der Waals surface area contributed by atoms with Gasteiger partial charge in [0.2, 0.25) is 0 Å². The number of nitrogens with zero attached hydrogens (tertiary/aromatic N) is 1. The van der Waals surface area contributed by atoms with Crippen molar-refractivity contribution in [2.75, 3.05) is 33.4 Å². The summed E-state index contributed by atoms with van der Waals surface area (Å²) in [6.07, 6.45) is 3.57. The molecule has 110 valence electrons. The lowest BCUT2D eigenvalue weighted by Crippen LogP contribution is -2.44. The molecule has 0 aromatic carbocycles. The van der Waals surface area contributed by atoms with Crippen LogP contribution in [0.15, 0.2) is 0 Å². The lowest BCUT2D eigenvalue weighted by molar-refractivity contribution is -0.137. The SMILES string of the molecule is COCCCNC(=O)N1CCC(CCC(=O)O)CC1. The molecule has 1 fully saturated rings. The topological polar surface area (TPSA) is 78.9 Å². The van der Waals surface area contributed by atoms with Gasteiger partial charge in [-0.15, -0.1) is 0 Å². The Morgan fingerprint density at radius 2 is 2.05 bits per heavy atom. The van der Waals surface area contributed by atoms with E-state index in [2.05, 4.69) is 5.32 Å². The molecule has 0 aliphatic carbocycles. The average Bonchev–Trinajstić information content (AvgIpc) is 2.41. The fourth-order valence-electron chi connectivity index (χ4n) is 2.28. The summed E-state index contributed by atoms with van der Waals surface area (Å²) in [7, 11) is 1.64. The Kier molecular flexibility index (Phi) is 7.25. The number of rotatable bonds is 7. The zero-order valence-electron chi connectivity index (χ0n) is 11.6. The van der Waals surface area contributed by atoms with Crippen LogP contribution >= 0.6 is 0 Å². The van der Waals surface area contributed by atoms with E-state index in [0.29, 0.717) is 19.1 Å². The fraction of sp³-hybridized carbons (Fsp3) is 0.846. The molecule has 0 radical (unpaired) electrons. The normalized spacial score (nSPS) is 16.4. The van der Waals surface area contributed by atoms with Crippen LogP contribution < -0.4 is 5.32 Å². The smallest absolute Gasteiger partial charge is 0.317 e. The molecule has 1 saturated heterocycles. The number of amides is 2. The molecule has 6 nitrogen and oxygen atoms in total. The van der Waals surface area contributed by atoms with E-state index < -0.39 is 5.97 Å². The molecule has 2 N–H and O–H groups in total. The van der Waals surface area contributed by atoms with E-state index in [1.165, 1.54) is 0 Å². The number of carbonyl (C=O) groups is 2. The first kappa shape index (κ1) is 15.8. The number of aliphatic carboxylic acids is 1. The first-order chi connectivity index (χ1) is 9.13. The molecule has 0 unspecified atom stereocenters. The number of carboxylic acids is 1. The second-order valence-corrected chi connectivity index (χ2v) is 4.94. The highest BCUT2D eigenvalue weighted by molar-refractivity contribution is 5.74. The van der Waals surface area contributed by atoms with Crippen LogP contribution in [-0.2, 0) is 9.53 Å². The Morgan fingerprint density at radius 3 is 2.63 bits per heavy atom. The minimum Gasteiger partial charge on any atom is -0.481 e. The molecule has 0 aromatic heterocycles. The maximum atomic E-state index is 11.8. The van der Waals surface area contributed by atoms with E-state index in [9.17, 15) is 9.59 Å². The van der Waals surface area contributed by atoms with Crippen molar-refractivity contribution in [3.63, 3.8) is 0 Å². The number of carboxylic acid groups (broad SMARTS) is 1. The van der Waals surface area contributed by atoms with E-state index in [4.69, 9.17) is 9.84 Å². The Morgan fingerprint density at radius 1 is 1.37 bits per heavy atom. The van der Waals surface area contributed by atoms with Crippen LogP contribution in [0.1, 0.15) is 32.1 Å². The van der Waals surface area contributed by atoms with Crippen LogP contribution in [0.4, 0.5) is 4.79 Å². The van der Waals surface area contributed by atoms with Gasteiger partial charge in [0, 0.05) is 39.8 Å². The first-order valence-corrected chi connectivity index (χ1v) is 6.87. The third-order valence-electron chi connectivity index (χ3n) is 3.47. The Bertz CT molecular complexity index is 288. The molecular weight excluding hydrogens is 248 g/mol. The summed E-state index contributed by atoms with van der Waals surface area (Å²) in [5.74, 6) is -0.299. The highest BCUT2D eigenvalue weighted by Gasteiger charge is 2.22. The number of hydrogen-bond acceptors (Lipinski definition) is 3. The minimum absolute atomic E-state index is 0.0206. The Balaban J connectivity index is 2.14. The Labute approximate surface area is 114 Å². The van der Waals surface area contributed by atoms with Gasteiger partial charge in [-0.2, -0.15) is 0 Å². The standard InChI is InChI=1S/C13H24N2O4/c1-19-10-2-7-14-13(18)15-8-5-11(6-9-15)3-4-12(16)17/h11H,2-10H2,1H3,(H,14,18)(H,16,17). The third-order valence-corrected chi connectivity index (χ3v) is 3.47. The monoisotopic (exact) mass is 272 g/mol. The van der Waals surface area contributed by atoms with E-state index >= 15 is 0 Å². The van der Waals surface area contributed by atoms with Crippen molar-refractivity contribution >= 4 is 12.0 Å². The largest absolute Gasteiger partial charge is 0.481 e. The van der Waals surface area contributed by atoms with Crippen LogP contribution in [-0.4, -0.2) is 55.4 Å². The quantitative estimate of drug-likeness (QED) is 0.685. The number of ether oxygens (including phenoxy) is 1. The van der Waals surface area contributed by atoms with Crippen molar-refractivity contribution in [2.24, 2.45) is 5.92 Å². The number of piperidine rings is 1. The van der Waals surface area contributed by atoms with E-state index in [1.54, 1.807) is 7.11 Å². The second-order valence-electron chi connectivity index (χ2n) is 4.94. The van der Waals surface area contributed by atoms with E-state index in [1.807, 2.05) is 4.90 Å². The summed E-state index contributed by atoms with van der Waals surface area (Å²) in [5.41, 5.74) is 0. The number of carbonyl (C=O) groups excluding carboxylic acids is 1. The van der Waals surface area contributed by atoms with Gasteiger partial charge in [0.1, 0.15) is 0 Å². The number of nitrogens with one attached hydrogen (secondary N) is 1. The van der Waals surface area contributed by atoms with Crippen LogP contribution in [0.25, 0.3) is 0 Å². The molecule has 19 heavy (non-hydrogen) atoms. The predicted molar refractivity (Wildman–Crippen MR) is 71.1 cm³/mol. The first-order valence-electron chi connectivity index (χ1n) is 6.87. The number of likely N-dealkylation sites (tertiary alicyclic amines) is 1. The molecular formula is C13H24N2O4. The summed E-state index contributed by atoms with van der Waals surface area (Å²) in [4.78, 5) is 24.1. The van der Waals surface area contributed by atoms with Gasteiger partial charge in [-0.05, 0) is 31.6 Å². The van der Waals surface area contributed by atoms with Crippen LogP contribution in [0.5, 0.6) is 0 Å². The van der Waals surface area contributed by atoms with Crippen molar-refractivity contribution in [3.8, 4) is 0 Å². The van der Waals surface area contributed by atoms with Gasteiger partial charge in [-0.3, -0.25) is 4.79 Å². The number of methoxy groups -OCH3 is 1. The molecule has 0 spiro atoms. The van der Waals surface area contributed by atoms with Gasteiger partial charge in [0.05, 0.1) is 0 Å². The summed E-state index contributed by atoms with van der Waals surface area (Å²) < 4.78 is 4.92. The molecule has 6 heteroatoms. The minimum atomic E-state index is -0.738. The van der Waals surface area contributed by atoms with Gasteiger partial charge in [0.15, 0.2) is 0 Å². The summed E-state index contributed by atoms with van der Waals surface area (Å²) in [6, 6.07) is -0.0206. The molecule has 0 saturated carbocycles. The van der Waals surface area contributed by atoms with Crippen LogP contribution in [0.2, 0.25) is 0 Å². The maximum Gasteiger partial charge on any atom is 0.317 e. The average molecular weight is 272 g/mol. The molecule has 1 aliphatic rings. The second kappa shape index (κ2) is 8.74. The third kappa shape index (κ3) is 6.42. The molecule has 1 rings (SSSR count). The zero-order chi connectivity index (χ0) is 14.1. The lowest BCUT2D eigenvalue weighted by Gasteiger charge is -2.31. The van der Waals surface area contributed by atoms with Crippen molar-refractivity contribution in [1.29, 1.82) is 0 Å². The van der Waals surface area contributed by atoms with Crippen molar-refractivity contribution in [2.45, 2.75) is 32.1 Å².